The van der Waals surface area contributed by atoms with Crippen LogP contribution in [0.5, 0.6) is 0 Å². The number of hydrogen-bond acceptors (Lipinski definition) is 6. The molecule has 0 saturated carbocycles. The first kappa shape index (κ1) is 20.2. The summed E-state index contributed by atoms with van der Waals surface area (Å²) in [4.78, 5) is 17.4. The Kier molecular flexibility index (Phi) is 5.78. The molecule has 0 bridgehead atoms. The number of nitrogens with zero attached hydrogens (tertiary/aromatic N) is 4. The van der Waals surface area contributed by atoms with E-state index in [2.05, 4.69) is 37.5 Å². The highest BCUT2D eigenvalue weighted by molar-refractivity contribution is 7.86. The van der Waals surface area contributed by atoms with Crippen molar-refractivity contribution in [3.05, 3.63) is 16.3 Å². The summed E-state index contributed by atoms with van der Waals surface area (Å²) in [6, 6.07) is 0. The monoisotopic (exact) mass is 420 g/mol. The van der Waals surface area contributed by atoms with E-state index in [1.807, 2.05) is 0 Å². The minimum absolute atomic E-state index is 0.121. The fourth-order valence-corrected chi connectivity index (χ4v) is 7.40. The molecule has 1 unspecified atom stereocenters. The largest absolute Gasteiger partial charge is 0.354 e. The predicted octanol–water partition coefficient (Wildman–Crippen LogP) is 4.03. The van der Waals surface area contributed by atoms with Crippen molar-refractivity contribution in [3.8, 4) is 0 Å². The van der Waals surface area contributed by atoms with Gasteiger partial charge in [-0.15, -0.1) is 11.3 Å². The molecule has 2 aromatic heterocycles. The number of hydrogen-bond donors (Lipinski definition) is 0. The highest BCUT2D eigenvalue weighted by Crippen LogP contribution is 2.38. The summed E-state index contributed by atoms with van der Waals surface area (Å²) in [5.41, 5.74) is 1.30. The molecule has 2 aromatic rings. The molecule has 2 saturated heterocycles. The van der Waals surface area contributed by atoms with Gasteiger partial charge in [0.05, 0.1) is 16.7 Å². The van der Waals surface area contributed by atoms with Gasteiger partial charge in [0.2, 0.25) is 0 Å². The molecule has 0 amide bonds. The van der Waals surface area contributed by atoms with Crippen LogP contribution in [0.2, 0.25) is 0 Å². The standard InChI is InChI=1S/C21H32N4OS2/c1-5-21(6-2)14-25(11-12-28(21)26)19-18-15(3)16(4)27-20(18)23-17(22-19)13-24-9-7-8-10-24/h5-14H2,1-4H3. The Morgan fingerprint density at radius 2 is 1.82 bits per heavy atom. The molecule has 2 aliphatic rings. The molecule has 2 aliphatic heterocycles. The Bertz CT molecular complexity index is 884. The summed E-state index contributed by atoms with van der Waals surface area (Å²) in [5, 5.41) is 1.21. The van der Waals surface area contributed by atoms with Gasteiger partial charge in [0.15, 0.2) is 0 Å². The molecule has 1 atom stereocenters. The van der Waals surface area contributed by atoms with Crippen molar-refractivity contribution in [2.75, 3.05) is 36.8 Å². The minimum atomic E-state index is -0.765. The molecule has 5 nitrogen and oxygen atoms in total. The lowest BCUT2D eigenvalue weighted by Gasteiger charge is -2.42. The number of anilines is 1. The minimum Gasteiger partial charge on any atom is -0.354 e. The second kappa shape index (κ2) is 8.00. The number of aromatic nitrogens is 2. The quantitative estimate of drug-likeness (QED) is 0.731. The Morgan fingerprint density at radius 1 is 1.11 bits per heavy atom. The van der Waals surface area contributed by atoms with E-state index in [1.54, 1.807) is 11.3 Å². The van der Waals surface area contributed by atoms with E-state index in [9.17, 15) is 4.21 Å². The summed E-state index contributed by atoms with van der Waals surface area (Å²) in [7, 11) is -0.765. The van der Waals surface area contributed by atoms with Crippen molar-refractivity contribution in [3.63, 3.8) is 0 Å². The van der Waals surface area contributed by atoms with E-state index in [0.29, 0.717) is 0 Å². The molecule has 0 aliphatic carbocycles. The third kappa shape index (κ3) is 3.50. The molecule has 0 spiro atoms. The van der Waals surface area contributed by atoms with Crippen molar-refractivity contribution in [1.29, 1.82) is 0 Å². The van der Waals surface area contributed by atoms with Crippen LogP contribution in [0.25, 0.3) is 10.2 Å². The van der Waals surface area contributed by atoms with E-state index in [-0.39, 0.29) is 4.75 Å². The zero-order valence-corrected chi connectivity index (χ0v) is 19.2. The number of rotatable bonds is 5. The molecule has 4 heterocycles. The highest BCUT2D eigenvalue weighted by Gasteiger charge is 2.40. The fourth-order valence-electron chi connectivity index (χ4n) is 4.60. The summed E-state index contributed by atoms with van der Waals surface area (Å²) < 4.78 is 12.7. The van der Waals surface area contributed by atoms with Crippen LogP contribution in [-0.4, -0.2) is 55.8 Å². The van der Waals surface area contributed by atoms with E-state index in [4.69, 9.17) is 9.97 Å². The Hall–Kier alpha value is -1.05. The number of thiophene rings is 1. The van der Waals surface area contributed by atoms with E-state index < -0.39 is 10.8 Å². The van der Waals surface area contributed by atoms with Crippen LogP contribution in [0, 0.1) is 13.8 Å². The highest BCUT2D eigenvalue weighted by atomic mass is 32.2. The van der Waals surface area contributed by atoms with E-state index in [1.165, 1.54) is 28.7 Å². The Balaban J connectivity index is 1.76. The summed E-state index contributed by atoms with van der Waals surface area (Å²) in [5.74, 6) is 2.75. The first-order valence-electron chi connectivity index (χ1n) is 10.6. The second-order valence-electron chi connectivity index (χ2n) is 8.27. The molecule has 0 radical (unpaired) electrons. The van der Waals surface area contributed by atoms with E-state index in [0.717, 1.165) is 67.8 Å². The topological polar surface area (TPSA) is 49.3 Å². The van der Waals surface area contributed by atoms with Crippen LogP contribution in [0.15, 0.2) is 0 Å². The first-order valence-corrected chi connectivity index (χ1v) is 12.7. The molecule has 2 fully saturated rings. The normalized spacial score (nSPS) is 23.0. The maximum atomic E-state index is 12.8. The zero-order valence-electron chi connectivity index (χ0n) is 17.6. The molecule has 0 N–H and O–H groups in total. The molecule has 7 heteroatoms. The average molecular weight is 421 g/mol. The summed E-state index contributed by atoms with van der Waals surface area (Å²) >= 11 is 1.78. The maximum absolute atomic E-state index is 12.8. The predicted molar refractivity (Wildman–Crippen MR) is 120 cm³/mol. The maximum Gasteiger partial charge on any atom is 0.146 e. The average Bonchev–Trinajstić information content (AvgIpc) is 3.30. The Morgan fingerprint density at radius 3 is 2.50 bits per heavy atom. The van der Waals surface area contributed by atoms with Crippen LogP contribution < -0.4 is 4.90 Å². The smallest absolute Gasteiger partial charge is 0.146 e. The van der Waals surface area contributed by atoms with Gasteiger partial charge >= 0.3 is 0 Å². The lowest BCUT2D eigenvalue weighted by atomic mass is 10.0. The molecule has 0 aromatic carbocycles. The summed E-state index contributed by atoms with van der Waals surface area (Å²) in [6.45, 7) is 13.5. The molecule has 4 rings (SSSR count). The van der Waals surface area contributed by atoms with Crippen molar-refractivity contribution in [2.45, 2.75) is 64.7 Å². The van der Waals surface area contributed by atoms with Crippen LogP contribution >= 0.6 is 11.3 Å². The van der Waals surface area contributed by atoms with Crippen molar-refractivity contribution in [1.82, 2.24) is 14.9 Å². The number of likely N-dealkylation sites (tertiary alicyclic amines) is 1. The van der Waals surface area contributed by atoms with Gasteiger partial charge in [-0.05, 0) is 58.2 Å². The zero-order chi connectivity index (χ0) is 19.9. The van der Waals surface area contributed by atoms with Gasteiger partial charge in [0.1, 0.15) is 16.5 Å². The van der Waals surface area contributed by atoms with Gasteiger partial charge in [0, 0.05) is 34.5 Å². The summed E-state index contributed by atoms with van der Waals surface area (Å²) in [6.07, 6.45) is 4.45. The molecule has 28 heavy (non-hydrogen) atoms. The number of aryl methyl sites for hydroxylation is 2. The van der Waals surface area contributed by atoms with Crippen molar-refractivity contribution >= 4 is 38.2 Å². The third-order valence-electron chi connectivity index (χ3n) is 6.72. The molecular weight excluding hydrogens is 388 g/mol. The van der Waals surface area contributed by atoms with Gasteiger partial charge in [-0.2, -0.15) is 0 Å². The van der Waals surface area contributed by atoms with Gasteiger partial charge in [-0.3, -0.25) is 9.11 Å². The van der Waals surface area contributed by atoms with Crippen LogP contribution in [0.4, 0.5) is 5.82 Å². The van der Waals surface area contributed by atoms with Gasteiger partial charge < -0.3 is 4.90 Å². The lowest BCUT2D eigenvalue weighted by molar-refractivity contribution is 0.323. The molecular formula is C21H32N4OS2. The fraction of sp³-hybridized carbons (Fsp3) is 0.714. The van der Waals surface area contributed by atoms with Crippen molar-refractivity contribution < 1.29 is 4.21 Å². The van der Waals surface area contributed by atoms with Gasteiger partial charge in [0.25, 0.3) is 0 Å². The lowest BCUT2D eigenvalue weighted by Crippen LogP contribution is -2.53. The van der Waals surface area contributed by atoms with Gasteiger partial charge in [-0.1, -0.05) is 13.8 Å². The van der Waals surface area contributed by atoms with Crippen LogP contribution in [-0.2, 0) is 17.3 Å². The SMILES string of the molecule is CCC1(CC)CN(c2nc(CN3CCCC3)nc3sc(C)c(C)c23)CCS1=O. The second-order valence-corrected chi connectivity index (χ2v) is 11.4. The van der Waals surface area contributed by atoms with Gasteiger partial charge in [-0.25, -0.2) is 9.97 Å². The van der Waals surface area contributed by atoms with E-state index >= 15 is 0 Å². The molecule has 154 valence electrons. The third-order valence-corrected chi connectivity index (χ3v) is 10.0. The van der Waals surface area contributed by atoms with Crippen LogP contribution in [0.1, 0.15) is 55.8 Å². The Labute approximate surface area is 175 Å². The van der Waals surface area contributed by atoms with Crippen LogP contribution in [0.3, 0.4) is 0 Å². The first-order chi connectivity index (χ1) is 13.5. The van der Waals surface area contributed by atoms with Crippen molar-refractivity contribution in [2.24, 2.45) is 0 Å². The number of fused-ring (bicyclic) bond motifs is 1.